The highest BCUT2D eigenvalue weighted by atomic mass is 79.9. The Morgan fingerprint density at radius 3 is 2.72 bits per heavy atom. The first-order chi connectivity index (χ1) is 8.49. The summed E-state index contributed by atoms with van der Waals surface area (Å²) in [6.07, 6.45) is 0. The van der Waals surface area contributed by atoms with Crippen LogP contribution in [0.1, 0.15) is 25.0 Å². The molecule has 0 aliphatic carbocycles. The van der Waals surface area contributed by atoms with Gasteiger partial charge in [0.15, 0.2) is 0 Å². The molecule has 18 heavy (non-hydrogen) atoms. The Labute approximate surface area is 120 Å². The van der Waals surface area contributed by atoms with Crippen LogP contribution in [0.3, 0.4) is 0 Å². The van der Waals surface area contributed by atoms with Crippen molar-refractivity contribution in [3.63, 3.8) is 0 Å². The van der Waals surface area contributed by atoms with Gasteiger partial charge in [-0.25, -0.2) is 0 Å². The molecule has 3 heteroatoms. The van der Waals surface area contributed by atoms with Gasteiger partial charge in [-0.2, -0.15) is 0 Å². The summed E-state index contributed by atoms with van der Waals surface area (Å²) in [6.45, 7) is 10.8. The second-order valence-electron chi connectivity index (χ2n) is 5.43. The van der Waals surface area contributed by atoms with Crippen LogP contribution in [0.4, 0.5) is 0 Å². The van der Waals surface area contributed by atoms with Gasteiger partial charge in [-0.3, -0.25) is 0 Å². The largest absolute Gasteiger partial charge is 0.315 e. The van der Waals surface area contributed by atoms with E-state index in [1.54, 1.807) is 0 Å². The Hall–Kier alpha value is -0.380. The van der Waals surface area contributed by atoms with Gasteiger partial charge in [0.2, 0.25) is 0 Å². The van der Waals surface area contributed by atoms with Crippen molar-refractivity contribution in [3.05, 3.63) is 33.8 Å². The van der Waals surface area contributed by atoms with Gasteiger partial charge in [-0.15, -0.1) is 0 Å². The molecule has 0 aliphatic rings. The van der Waals surface area contributed by atoms with E-state index in [4.69, 9.17) is 0 Å². The smallest absolute Gasteiger partial charge is 0.0242 e. The summed E-state index contributed by atoms with van der Waals surface area (Å²) in [4.78, 5) is 2.35. The number of nitrogens with one attached hydrogen (secondary N) is 1. The average molecular weight is 313 g/mol. The highest BCUT2D eigenvalue weighted by Crippen LogP contribution is 2.19. The molecule has 1 rings (SSSR count). The molecule has 2 nitrogen and oxygen atoms in total. The normalized spacial score (nSPS) is 11.5. The third-order valence-electron chi connectivity index (χ3n) is 2.86. The fraction of sp³-hybridized carbons (Fsp3) is 0.600. The van der Waals surface area contributed by atoms with Crippen LogP contribution >= 0.6 is 15.9 Å². The third-order valence-corrected chi connectivity index (χ3v) is 3.64. The van der Waals surface area contributed by atoms with Crippen molar-refractivity contribution >= 4 is 15.9 Å². The molecule has 0 radical (unpaired) electrons. The summed E-state index contributed by atoms with van der Waals surface area (Å²) in [7, 11) is 2.17. The first kappa shape index (κ1) is 15.7. The Morgan fingerprint density at radius 2 is 2.06 bits per heavy atom. The molecule has 0 heterocycles. The Balaban J connectivity index is 2.35. The van der Waals surface area contributed by atoms with Crippen molar-refractivity contribution in [3.8, 4) is 0 Å². The molecule has 0 aliphatic heterocycles. The summed E-state index contributed by atoms with van der Waals surface area (Å²) in [5, 5.41) is 3.47. The molecule has 0 fully saturated rings. The maximum atomic E-state index is 3.62. The molecule has 0 aromatic heterocycles. The van der Waals surface area contributed by atoms with E-state index >= 15 is 0 Å². The number of rotatable bonds is 7. The minimum absolute atomic E-state index is 0.723. The van der Waals surface area contributed by atoms with Crippen molar-refractivity contribution in [2.24, 2.45) is 5.92 Å². The second-order valence-corrected chi connectivity index (χ2v) is 6.28. The van der Waals surface area contributed by atoms with Gasteiger partial charge in [0.25, 0.3) is 0 Å². The zero-order valence-corrected chi connectivity index (χ0v) is 13.5. The van der Waals surface area contributed by atoms with E-state index in [0.717, 1.165) is 32.1 Å². The van der Waals surface area contributed by atoms with Crippen LogP contribution in [-0.4, -0.2) is 31.6 Å². The van der Waals surface area contributed by atoms with Crippen LogP contribution < -0.4 is 5.32 Å². The zero-order valence-electron chi connectivity index (χ0n) is 12.0. The van der Waals surface area contributed by atoms with Crippen LogP contribution in [0.15, 0.2) is 22.7 Å². The van der Waals surface area contributed by atoms with Gasteiger partial charge in [0, 0.05) is 24.1 Å². The van der Waals surface area contributed by atoms with Gasteiger partial charge in [0.1, 0.15) is 0 Å². The van der Waals surface area contributed by atoms with Crippen LogP contribution in [0.5, 0.6) is 0 Å². The number of nitrogens with zero attached hydrogens (tertiary/aromatic N) is 1. The molecule has 0 amide bonds. The van der Waals surface area contributed by atoms with Crippen LogP contribution in [0.25, 0.3) is 0 Å². The monoisotopic (exact) mass is 312 g/mol. The summed E-state index contributed by atoms with van der Waals surface area (Å²) >= 11 is 3.62. The topological polar surface area (TPSA) is 15.3 Å². The van der Waals surface area contributed by atoms with E-state index in [1.807, 2.05) is 0 Å². The minimum atomic E-state index is 0.723. The van der Waals surface area contributed by atoms with Crippen LogP contribution in [-0.2, 0) is 6.54 Å². The Bertz CT molecular complexity index is 364. The Morgan fingerprint density at radius 1 is 1.33 bits per heavy atom. The van der Waals surface area contributed by atoms with Crippen molar-refractivity contribution in [2.45, 2.75) is 27.3 Å². The lowest BCUT2D eigenvalue weighted by atomic mass is 10.1. The number of hydrogen-bond donors (Lipinski definition) is 1. The first-order valence-corrected chi connectivity index (χ1v) is 7.42. The van der Waals surface area contributed by atoms with Crippen LogP contribution in [0.2, 0.25) is 0 Å². The van der Waals surface area contributed by atoms with E-state index < -0.39 is 0 Å². The molecule has 0 unspecified atom stereocenters. The molecule has 0 bridgehead atoms. The molecule has 1 aromatic carbocycles. The molecule has 102 valence electrons. The lowest BCUT2D eigenvalue weighted by molar-refractivity contribution is 0.321. The quantitative estimate of drug-likeness (QED) is 0.776. The molecule has 0 saturated heterocycles. The van der Waals surface area contributed by atoms with Gasteiger partial charge in [-0.1, -0.05) is 47.5 Å². The lowest BCUT2D eigenvalue weighted by Crippen LogP contribution is -2.30. The van der Waals surface area contributed by atoms with Crippen molar-refractivity contribution in [1.82, 2.24) is 10.2 Å². The molecular formula is C15H25BrN2. The lowest BCUT2D eigenvalue weighted by Gasteiger charge is -2.18. The molecule has 1 aromatic rings. The van der Waals surface area contributed by atoms with Crippen molar-refractivity contribution < 1.29 is 0 Å². The van der Waals surface area contributed by atoms with Crippen LogP contribution in [0, 0.1) is 12.8 Å². The van der Waals surface area contributed by atoms with Gasteiger partial charge < -0.3 is 10.2 Å². The van der Waals surface area contributed by atoms with E-state index in [9.17, 15) is 0 Å². The number of halogens is 1. The predicted molar refractivity (Wildman–Crippen MR) is 82.9 cm³/mol. The summed E-state index contributed by atoms with van der Waals surface area (Å²) in [6, 6.07) is 6.52. The van der Waals surface area contributed by atoms with Gasteiger partial charge in [-0.05, 0) is 38.1 Å². The van der Waals surface area contributed by atoms with E-state index in [2.05, 4.69) is 72.2 Å². The molecule has 1 N–H and O–H groups in total. The SMILES string of the molecule is Cc1ccc(Br)c(CN(C)CCNCC(C)C)c1. The number of hydrogen-bond acceptors (Lipinski definition) is 2. The fourth-order valence-electron chi connectivity index (χ4n) is 1.86. The maximum absolute atomic E-state index is 3.62. The fourth-order valence-corrected chi connectivity index (χ4v) is 2.23. The first-order valence-electron chi connectivity index (χ1n) is 6.63. The van der Waals surface area contributed by atoms with Gasteiger partial charge in [0.05, 0.1) is 0 Å². The van der Waals surface area contributed by atoms with E-state index in [-0.39, 0.29) is 0 Å². The summed E-state index contributed by atoms with van der Waals surface area (Å²) in [5.74, 6) is 0.723. The molecule has 0 spiro atoms. The highest BCUT2D eigenvalue weighted by molar-refractivity contribution is 9.10. The van der Waals surface area contributed by atoms with Gasteiger partial charge >= 0.3 is 0 Å². The minimum Gasteiger partial charge on any atom is -0.315 e. The highest BCUT2D eigenvalue weighted by Gasteiger charge is 2.04. The van der Waals surface area contributed by atoms with E-state index in [1.165, 1.54) is 15.6 Å². The van der Waals surface area contributed by atoms with Crippen molar-refractivity contribution in [2.75, 3.05) is 26.7 Å². The molecular weight excluding hydrogens is 288 g/mol. The third kappa shape index (κ3) is 5.98. The van der Waals surface area contributed by atoms with Crippen molar-refractivity contribution in [1.29, 1.82) is 0 Å². The number of benzene rings is 1. The molecule has 0 saturated carbocycles. The summed E-state index contributed by atoms with van der Waals surface area (Å²) in [5.41, 5.74) is 2.68. The predicted octanol–water partition coefficient (Wildman–Crippen LogP) is 3.43. The summed E-state index contributed by atoms with van der Waals surface area (Å²) < 4.78 is 1.20. The Kier molecular flexibility index (Phi) is 6.90. The second kappa shape index (κ2) is 7.93. The molecule has 0 atom stereocenters. The average Bonchev–Trinajstić information content (AvgIpc) is 2.29. The standard InChI is InChI=1S/C15H25BrN2/c1-12(2)10-17-7-8-18(4)11-14-9-13(3)5-6-15(14)16/h5-6,9,12,17H,7-8,10-11H2,1-4H3. The zero-order chi connectivity index (χ0) is 13.5. The van der Waals surface area contributed by atoms with E-state index in [0.29, 0.717) is 0 Å². The number of aryl methyl sites for hydroxylation is 1. The number of likely N-dealkylation sites (N-methyl/N-ethyl adjacent to an activating group) is 1. The maximum Gasteiger partial charge on any atom is 0.0242 e.